The fourth-order valence-corrected chi connectivity index (χ4v) is 2.05. The van der Waals surface area contributed by atoms with Gasteiger partial charge in [-0.1, -0.05) is 15.9 Å². The first-order chi connectivity index (χ1) is 5.48. The summed E-state index contributed by atoms with van der Waals surface area (Å²) in [6, 6.07) is 0. The van der Waals surface area contributed by atoms with Crippen LogP contribution >= 0.6 is 15.9 Å². The van der Waals surface area contributed by atoms with Gasteiger partial charge in [0.2, 0.25) is 0 Å². The van der Waals surface area contributed by atoms with Crippen molar-refractivity contribution in [1.29, 1.82) is 0 Å². The van der Waals surface area contributed by atoms with Crippen molar-refractivity contribution in [3.63, 3.8) is 0 Å². The predicted octanol–water partition coefficient (Wildman–Crippen LogP) is 0.691. The first-order valence-electron chi connectivity index (χ1n) is 3.48. The second kappa shape index (κ2) is 5.53. The average molecular weight is 257 g/mol. The van der Waals surface area contributed by atoms with Crippen molar-refractivity contribution in [2.24, 2.45) is 4.40 Å². The van der Waals surface area contributed by atoms with E-state index in [1.807, 2.05) is 0 Å². The van der Waals surface area contributed by atoms with E-state index in [1.165, 1.54) is 6.34 Å². The second-order valence-corrected chi connectivity index (χ2v) is 5.09. The van der Waals surface area contributed by atoms with Crippen LogP contribution in [0.1, 0.15) is 6.42 Å². The number of hydrogen-bond donors (Lipinski definition) is 0. The maximum atomic E-state index is 11.0. The molecule has 0 rings (SSSR count). The van der Waals surface area contributed by atoms with E-state index in [4.69, 9.17) is 0 Å². The minimum Gasteiger partial charge on any atom is -0.368 e. The molecule has 0 heterocycles. The molecule has 0 fully saturated rings. The zero-order valence-electron chi connectivity index (χ0n) is 7.20. The molecule has 0 saturated carbocycles. The molecular weight excluding hydrogens is 244 g/mol. The van der Waals surface area contributed by atoms with E-state index < -0.39 is 10.0 Å². The lowest BCUT2D eigenvalue weighted by molar-refractivity contribution is 0.593. The highest BCUT2D eigenvalue weighted by molar-refractivity contribution is 9.09. The minimum atomic E-state index is -3.24. The molecule has 0 radical (unpaired) electrons. The monoisotopic (exact) mass is 256 g/mol. The van der Waals surface area contributed by atoms with E-state index in [0.29, 0.717) is 11.8 Å². The normalized spacial score (nSPS) is 12.2. The Morgan fingerprint density at radius 3 is 2.50 bits per heavy atom. The molecule has 0 aromatic carbocycles. The number of nitrogens with zero attached hydrogens (tertiary/aromatic N) is 2. The minimum absolute atomic E-state index is 0.0998. The summed E-state index contributed by atoms with van der Waals surface area (Å²) >= 11 is 3.16. The molecule has 0 bridgehead atoms. The van der Waals surface area contributed by atoms with Gasteiger partial charge in [-0.15, -0.1) is 0 Å². The van der Waals surface area contributed by atoms with Gasteiger partial charge in [0.25, 0.3) is 10.0 Å². The SMILES string of the molecule is CN(C)C=NS(=O)(=O)CCCBr. The van der Waals surface area contributed by atoms with Gasteiger partial charge < -0.3 is 4.90 Å². The van der Waals surface area contributed by atoms with Crippen molar-refractivity contribution in [2.75, 3.05) is 25.2 Å². The standard InChI is InChI=1S/C6H13BrN2O2S/c1-9(2)6-8-12(10,11)5-3-4-7/h6H,3-5H2,1-2H3. The van der Waals surface area contributed by atoms with Crippen molar-refractivity contribution in [3.05, 3.63) is 0 Å². The van der Waals surface area contributed by atoms with Crippen LogP contribution < -0.4 is 0 Å². The van der Waals surface area contributed by atoms with Crippen LogP contribution in [0.2, 0.25) is 0 Å². The number of alkyl halides is 1. The Morgan fingerprint density at radius 2 is 2.08 bits per heavy atom. The molecule has 0 saturated heterocycles. The van der Waals surface area contributed by atoms with Crippen molar-refractivity contribution in [2.45, 2.75) is 6.42 Å². The van der Waals surface area contributed by atoms with Crippen molar-refractivity contribution in [1.82, 2.24) is 4.90 Å². The maximum absolute atomic E-state index is 11.0. The molecule has 0 N–H and O–H groups in total. The molecule has 0 aliphatic heterocycles. The van der Waals surface area contributed by atoms with Gasteiger partial charge in [0.1, 0.15) is 6.34 Å². The zero-order chi connectivity index (χ0) is 9.61. The summed E-state index contributed by atoms with van der Waals surface area (Å²) in [5.74, 6) is 0.0998. The molecule has 0 spiro atoms. The number of rotatable bonds is 5. The third-order valence-corrected chi connectivity index (χ3v) is 2.76. The Balaban J connectivity index is 4.05. The van der Waals surface area contributed by atoms with Crippen LogP contribution in [0.5, 0.6) is 0 Å². The first kappa shape index (κ1) is 11.9. The third kappa shape index (κ3) is 6.60. The summed E-state index contributed by atoms with van der Waals surface area (Å²) in [6.07, 6.45) is 1.89. The molecule has 0 unspecified atom stereocenters. The van der Waals surface area contributed by atoms with Gasteiger partial charge in [0.05, 0.1) is 5.75 Å². The van der Waals surface area contributed by atoms with Crippen LogP contribution in [-0.2, 0) is 10.0 Å². The summed E-state index contributed by atoms with van der Waals surface area (Å²) in [6.45, 7) is 0. The van der Waals surface area contributed by atoms with Gasteiger partial charge >= 0.3 is 0 Å². The molecule has 6 heteroatoms. The van der Waals surface area contributed by atoms with Gasteiger partial charge in [0, 0.05) is 19.4 Å². The topological polar surface area (TPSA) is 49.7 Å². The van der Waals surface area contributed by atoms with E-state index >= 15 is 0 Å². The largest absolute Gasteiger partial charge is 0.368 e. The summed E-state index contributed by atoms with van der Waals surface area (Å²) < 4.78 is 25.5. The van der Waals surface area contributed by atoms with Gasteiger partial charge in [-0.25, -0.2) is 8.42 Å². The Morgan fingerprint density at radius 1 is 1.50 bits per heavy atom. The lowest BCUT2D eigenvalue weighted by atomic mass is 10.6. The van der Waals surface area contributed by atoms with Gasteiger partial charge in [-0.3, -0.25) is 0 Å². The Bertz CT molecular complexity index is 236. The molecule has 0 atom stereocenters. The molecule has 4 nitrogen and oxygen atoms in total. The van der Waals surface area contributed by atoms with E-state index in [0.717, 1.165) is 0 Å². The van der Waals surface area contributed by atoms with Crippen LogP contribution in [0.4, 0.5) is 0 Å². The molecule has 0 aliphatic rings. The second-order valence-electron chi connectivity index (χ2n) is 2.51. The molecule has 0 aromatic heterocycles. The fourth-order valence-electron chi connectivity index (χ4n) is 0.456. The summed E-state index contributed by atoms with van der Waals surface area (Å²) in [5, 5.41) is 0.684. The lowest BCUT2D eigenvalue weighted by Crippen LogP contribution is -2.11. The van der Waals surface area contributed by atoms with Gasteiger partial charge in [-0.05, 0) is 6.42 Å². The van der Waals surface area contributed by atoms with E-state index in [-0.39, 0.29) is 5.75 Å². The smallest absolute Gasteiger partial charge is 0.254 e. The Kier molecular flexibility index (Phi) is 5.48. The van der Waals surface area contributed by atoms with Crippen LogP contribution in [-0.4, -0.2) is 44.8 Å². The Labute approximate surface area is 81.8 Å². The van der Waals surface area contributed by atoms with Crippen molar-refractivity contribution in [3.8, 4) is 0 Å². The molecule has 0 aliphatic carbocycles. The third-order valence-electron chi connectivity index (χ3n) is 0.975. The van der Waals surface area contributed by atoms with Crippen LogP contribution in [0.25, 0.3) is 0 Å². The maximum Gasteiger partial charge on any atom is 0.254 e. The quantitative estimate of drug-likeness (QED) is 0.413. The molecule has 0 aromatic rings. The zero-order valence-corrected chi connectivity index (χ0v) is 9.60. The summed E-state index contributed by atoms with van der Waals surface area (Å²) in [4.78, 5) is 1.59. The van der Waals surface area contributed by atoms with Crippen LogP contribution in [0, 0.1) is 0 Å². The Hall–Kier alpha value is -0.100. The van der Waals surface area contributed by atoms with Gasteiger partial charge in [0.15, 0.2) is 0 Å². The average Bonchev–Trinajstić information content (AvgIpc) is 1.98. The highest BCUT2D eigenvalue weighted by Crippen LogP contribution is 1.97. The molecule has 0 amide bonds. The van der Waals surface area contributed by atoms with Crippen molar-refractivity contribution >= 4 is 32.3 Å². The molecule has 72 valence electrons. The molecule has 12 heavy (non-hydrogen) atoms. The molecular formula is C6H13BrN2O2S. The lowest BCUT2D eigenvalue weighted by Gasteiger charge is -2.02. The van der Waals surface area contributed by atoms with Crippen LogP contribution in [0.3, 0.4) is 0 Å². The fraction of sp³-hybridized carbons (Fsp3) is 0.833. The first-order valence-corrected chi connectivity index (χ1v) is 6.21. The van der Waals surface area contributed by atoms with E-state index in [2.05, 4.69) is 20.3 Å². The van der Waals surface area contributed by atoms with Crippen molar-refractivity contribution < 1.29 is 8.42 Å². The van der Waals surface area contributed by atoms with Gasteiger partial charge in [-0.2, -0.15) is 4.40 Å². The summed E-state index contributed by atoms with van der Waals surface area (Å²) in [7, 11) is 0.210. The number of halogens is 1. The number of hydrogen-bond acceptors (Lipinski definition) is 2. The van der Waals surface area contributed by atoms with E-state index in [9.17, 15) is 8.42 Å². The highest BCUT2D eigenvalue weighted by atomic mass is 79.9. The highest BCUT2D eigenvalue weighted by Gasteiger charge is 2.05. The predicted molar refractivity (Wildman–Crippen MR) is 54.4 cm³/mol. The number of sulfonamides is 1. The van der Waals surface area contributed by atoms with Crippen LogP contribution in [0.15, 0.2) is 4.40 Å². The summed E-state index contributed by atoms with van der Waals surface area (Å²) in [5.41, 5.74) is 0. The van der Waals surface area contributed by atoms with E-state index in [1.54, 1.807) is 19.0 Å².